The van der Waals surface area contributed by atoms with Gasteiger partial charge in [-0.1, -0.05) is 27.7 Å². The van der Waals surface area contributed by atoms with E-state index in [0.29, 0.717) is 0 Å². The van der Waals surface area contributed by atoms with E-state index in [0.717, 1.165) is 0 Å². The lowest BCUT2D eigenvalue weighted by atomic mass is 9.76. The first kappa shape index (κ1) is 37.6. The van der Waals surface area contributed by atoms with E-state index < -0.39 is 97.0 Å². The highest BCUT2D eigenvalue weighted by atomic mass is 16.7. The van der Waals surface area contributed by atoms with Crippen molar-refractivity contribution in [2.24, 2.45) is 23.7 Å². The Balaban J connectivity index is 2.01. The summed E-state index contributed by atoms with van der Waals surface area (Å²) in [5, 5.41) is 74.8. The van der Waals surface area contributed by atoms with Crippen molar-refractivity contribution in [2.75, 3.05) is 19.8 Å². The Kier molecular flexibility index (Phi) is 13.2. The Bertz CT molecular complexity index is 915. The number of Topliss-reactive ketones (excluding diaryl/α,β-unsaturated/α-hetero) is 1. The number of rotatable bonds is 5. The maximum atomic E-state index is 13.3. The van der Waals surface area contributed by atoms with Gasteiger partial charge in [0.05, 0.1) is 54.9 Å². The molecule has 3 rings (SSSR count). The third kappa shape index (κ3) is 8.96. The van der Waals surface area contributed by atoms with Crippen LogP contribution in [-0.2, 0) is 28.5 Å². The fourth-order valence-corrected chi connectivity index (χ4v) is 6.96. The van der Waals surface area contributed by atoms with Crippen LogP contribution in [0.5, 0.6) is 0 Å². The first-order valence-corrected chi connectivity index (χ1v) is 15.9. The lowest BCUT2D eigenvalue weighted by Crippen LogP contribution is -2.59. The summed E-state index contributed by atoms with van der Waals surface area (Å²) in [5.74, 6) is -2.62. The highest BCUT2D eigenvalue weighted by Crippen LogP contribution is 2.38. The maximum Gasteiger partial charge on any atom is 0.184 e. The molecule has 0 aromatic carbocycles. The van der Waals surface area contributed by atoms with Crippen LogP contribution in [0.2, 0.25) is 0 Å². The van der Waals surface area contributed by atoms with Gasteiger partial charge in [-0.15, -0.1) is 0 Å². The predicted octanol–water partition coefficient (Wildman–Crippen LogP) is -0.131. The molecule has 3 heterocycles. The quantitative estimate of drug-likeness (QED) is 0.210. The van der Waals surface area contributed by atoms with E-state index in [-0.39, 0.29) is 50.6 Å². The van der Waals surface area contributed by atoms with E-state index in [1.54, 1.807) is 27.7 Å². The molecular formula is C31H56O13. The van der Waals surface area contributed by atoms with Gasteiger partial charge in [0, 0.05) is 43.1 Å². The molecule has 7 N–H and O–H groups in total. The van der Waals surface area contributed by atoms with E-state index in [9.17, 15) is 40.5 Å². The summed E-state index contributed by atoms with van der Waals surface area (Å²) in [6.45, 7) is 11.5. The standard InChI is InChI=1S/C31H56O13/c1-15-11-31(7,39)28(44-29-22(35)10-21(34)23(13-32)42-29)18(4)26(43-24-12-30(6,38)27(37)19(5)41-24)16(2)14-40-9-8-20(33)17(3)25(15)36/h15-24,26-29,32-35,37-39H,8-14H2,1-7H3/t15-,16+,17-,18+,19?,20+,21+,22?,23?,24+,26-,27+,28-,29+,30?,31-/m1/s1. The van der Waals surface area contributed by atoms with Crippen molar-refractivity contribution in [1.82, 2.24) is 0 Å². The van der Waals surface area contributed by atoms with Crippen molar-refractivity contribution in [3.05, 3.63) is 0 Å². The molecule has 0 aromatic heterocycles. The van der Waals surface area contributed by atoms with Crippen molar-refractivity contribution >= 4 is 5.78 Å². The van der Waals surface area contributed by atoms with Crippen molar-refractivity contribution in [3.8, 4) is 0 Å². The molecule has 3 saturated heterocycles. The van der Waals surface area contributed by atoms with Crippen LogP contribution in [0.25, 0.3) is 0 Å². The summed E-state index contributed by atoms with van der Waals surface area (Å²) in [6.07, 6.45) is -10.3. The molecule has 4 unspecified atom stereocenters. The molecule has 44 heavy (non-hydrogen) atoms. The second kappa shape index (κ2) is 15.4. The van der Waals surface area contributed by atoms with Crippen LogP contribution in [0.4, 0.5) is 0 Å². The number of ether oxygens (including phenoxy) is 5. The average Bonchev–Trinajstić information content (AvgIpc) is 2.94. The van der Waals surface area contributed by atoms with Crippen LogP contribution in [-0.4, -0.2) is 134 Å². The molecule has 0 aliphatic carbocycles. The lowest BCUT2D eigenvalue weighted by molar-refractivity contribution is -0.322. The number of carbonyl (C=O) groups is 1. The first-order chi connectivity index (χ1) is 20.4. The zero-order chi connectivity index (χ0) is 33.1. The van der Waals surface area contributed by atoms with Crippen LogP contribution >= 0.6 is 0 Å². The zero-order valence-corrected chi connectivity index (χ0v) is 27.1. The molecule has 16 atom stereocenters. The van der Waals surface area contributed by atoms with Crippen LogP contribution in [0.1, 0.15) is 74.1 Å². The summed E-state index contributed by atoms with van der Waals surface area (Å²) in [4.78, 5) is 13.3. The summed E-state index contributed by atoms with van der Waals surface area (Å²) >= 11 is 0. The maximum absolute atomic E-state index is 13.3. The van der Waals surface area contributed by atoms with Gasteiger partial charge >= 0.3 is 0 Å². The second-order valence-electron chi connectivity index (χ2n) is 14.0. The normalized spacial score (nSPS) is 50.6. The van der Waals surface area contributed by atoms with Gasteiger partial charge in [-0.25, -0.2) is 0 Å². The van der Waals surface area contributed by atoms with Crippen LogP contribution in [0.15, 0.2) is 0 Å². The largest absolute Gasteiger partial charge is 0.394 e. The molecule has 3 aliphatic rings. The molecule has 0 aromatic rings. The average molecular weight is 637 g/mol. The Morgan fingerprint density at radius 3 is 2.16 bits per heavy atom. The van der Waals surface area contributed by atoms with Crippen LogP contribution in [0.3, 0.4) is 0 Å². The number of aliphatic hydroxyl groups excluding tert-OH is 5. The molecule has 3 aliphatic heterocycles. The monoisotopic (exact) mass is 636 g/mol. The van der Waals surface area contributed by atoms with Gasteiger partial charge < -0.3 is 59.4 Å². The number of carbonyl (C=O) groups excluding carboxylic acids is 1. The van der Waals surface area contributed by atoms with Crippen molar-refractivity contribution in [3.63, 3.8) is 0 Å². The number of hydrogen-bond acceptors (Lipinski definition) is 13. The highest BCUT2D eigenvalue weighted by Gasteiger charge is 2.50. The SMILES string of the molecule is CC1O[C@@H](O[C@H]2[C@H](C)[C@@H](O[C@@H]3OC(CO)[C@@H](O)CC3O)[C@](C)(O)C[C@@H](C)C(=O)[C@H](C)[C@@H](O)CCOC[C@@H]2C)CC(C)(O)[C@H]1O. The molecule has 0 radical (unpaired) electrons. The molecule has 0 bridgehead atoms. The van der Waals surface area contributed by atoms with Crippen molar-refractivity contribution < 1.29 is 64.2 Å². The number of hydrogen-bond donors (Lipinski definition) is 7. The van der Waals surface area contributed by atoms with Gasteiger partial charge in [0.15, 0.2) is 12.6 Å². The van der Waals surface area contributed by atoms with Gasteiger partial charge in [0.1, 0.15) is 24.1 Å². The third-order valence-corrected chi connectivity index (χ3v) is 9.67. The Hall–Kier alpha value is -0.810. The molecule has 3 fully saturated rings. The van der Waals surface area contributed by atoms with E-state index in [1.165, 1.54) is 13.8 Å². The fourth-order valence-electron chi connectivity index (χ4n) is 6.96. The Morgan fingerprint density at radius 2 is 1.55 bits per heavy atom. The minimum Gasteiger partial charge on any atom is -0.394 e. The molecule has 13 nitrogen and oxygen atoms in total. The van der Waals surface area contributed by atoms with Crippen molar-refractivity contribution in [2.45, 2.75) is 147 Å². The fraction of sp³-hybridized carbons (Fsp3) is 0.968. The second-order valence-corrected chi connectivity index (χ2v) is 14.0. The molecular weight excluding hydrogens is 580 g/mol. The molecule has 0 saturated carbocycles. The molecule has 258 valence electrons. The van der Waals surface area contributed by atoms with E-state index in [2.05, 4.69) is 0 Å². The van der Waals surface area contributed by atoms with E-state index >= 15 is 0 Å². The summed E-state index contributed by atoms with van der Waals surface area (Å²) in [7, 11) is 0. The van der Waals surface area contributed by atoms with Crippen LogP contribution in [0, 0.1) is 23.7 Å². The first-order valence-electron chi connectivity index (χ1n) is 15.9. The molecule has 13 heteroatoms. The van der Waals surface area contributed by atoms with Gasteiger partial charge in [-0.2, -0.15) is 0 Å². The third-order valence-electron chi connectivity index (χ3n) is 9.67. The topological polar surface area (TPSA) is 205 Å². The predicted molar refractivity (Wildman–Crippen MR) is 156 cm³/mol. The van der Waals surface area contributed by atoms with Gasteiger partial charge in [-0.05, 0) is 33.6 Å². The van der Waals surface area contributed by atoms with E-state index in [1.807, 2.05) is 6.92 Å². The van der Waals surface area contributed by atoms with Crippen LogP contribution < -0.4 is 0 Å². The Morgan fingerprint density at radius 1 is 0.886 bits per heavy atom. The Labute approximate surface area is 260 Å². The molecule has 0 spiro atoms. The summed E-state index contributed by atoms with van der Waals surface area (Å²) in [6, 6.07) is 0. The summed E-state index contributed by atoms with van der Waals surface area (Å²) < 4.78 is 30.4. The summed E-state index contributed by atoms with van der Waals surface area (Å²) in [5.41, 5.74) is -3.20. The lowest BCUT2D eigenvalue weighted by Gasteiger charge is -2.47. The number of aliphatic hydroxyl groups is 7. The van der Waals surface area contributed by atoms with Gasteiger partial charge in [0.25, 0.3) is 0 Å². The number of ketones is 1. The van der Waals surface area contributed by atoms with Gasteiger partial charge in [0.2, 0.25) is 0 Å². The smallest absolute Gasteiger partial charge is 0.184 e. The minimum atomic E-state index is -1.71. The minimum absolute atomic E-state index is 0.0344. The highest BCUT2D eigenvalue weighted by molar-refractivity contribution is 5.83. The van der Waals surface area contributed by atoms with Crippen molar-refractivity contribution in [1.29, 1.82) is 0 Å². The zero-order valence-electron chi connectivity index (χ0n) is 27.1. The molecule has 0 amide bonds. The van der Waals surface area contributed by atoms with Gasteiger partial charge in [-0.3, -0.25) is 4.79 Å². The van der Waals surface area contributed by atoms with E-state index in [4.69, 9.17) is 23.7 Å².